The molecule has 2 aliphatic carbocycles. The van der Waals surface area contributed by atoms with Gasteiger partial charge in [-0.05, 0) is 62.2 Å². The smallest absolute Gasteiger partial charge is 0.270 e. The van der Waals surface area contributed by atoms with Crippen molar-refractivity contribution in [2.45, 2.75) is 52.0 Å². The van der Waals surface area contributed by atoms with Crippen molar-refractivity contribution in [2.24, 2.45) is 11.8 Å². The number of aryl methyl sites for hydroxylation is 1. The van der Waals surface area contributed by atoms with Crippen LogP contribution in [0.25, 0.3) is 0 Å². The molecule has 6 heteroatoms. The Morgan fingerprint density at radius 1 is 1.36 bits per heavy atom. The lowest BCUT2D eigenvalue weighted by Crippen LogP contribution is -2.50. The zero-order chi connectivity index (χ0) is 15.7. The van der Waals surface area contributed by atoms with E-state index in [1.165, 1.54) is 30.6 Å². The van der Waals surface area contributed by atoms with Crippen molar-refractivity contribution < 1.29 is 4.79 Å². The summed E-state index contributed by atoms with van der Waals surface area (Å²) in [6.07, 6.45) is 6.10. The molecule has 1 aromatic heterocycles. The summed E-state index contributed by atoms with van der Waals surface area (Å²) in [5.74, 6) is 1.52. The van der Waals surface area contributed by atoms with Crippen molar-refractivity contribution in [1.29, 1.82) is 0 Å². The van der Waals surface area contributed by atoms with E-state index in [-0.39, 0.29) is 5.91 Å². The number of carbonyl (C=O) groups excluding carboxylic acids is 1. The first-order valence-corrected chi connectivity index (χ1v) is 9.31. The molecule has 1 heterocycles. The van der Waals surface area contributed by atoms with E-state index in [9.17, 15) is 4.79 Å². The monoisotopic (exact) mass is 337 g/mol. The first-order valence-electron chi connectivity index (χ1n) is 8.02. The molecule has 2 bridgehead atoms. The molecule has 4 nitrogen and oxygen atoms in total. The molecule has 3 atom stereocenters. The second kappa shape index (κ2) is 6.54. The van der Waals surface area contributed by atoms with Gasteiger partial charge in [-0.25, -0.2) is 0 Å². The molecule has 2 saturated carbocycles. The van der Waals surface area contributed by atoms with Crippen molar-refractivity contribution >= 4 is 34.6 Å². The number of carbonyl (C=O) groups is 1. The number of hydrogen-bond donors (Lipinski definition) is 3. The van der Waals surface area contributed by atoms with Gasteiger partial charge >= 0.3 is 0 Å². The van der Waals surface area contributed by atoms with Gasteiger partial charge < -0.3 is 5.32 Å². The molecule has 0 saturated heterocycles. The number of thiocarbonyl (C=S) groups is 1. The Morgan fingerprint density at radius 2 is 2.18 bits per heavy atom. The highest BCUT2D eigenvalue weighted by Gasteiger charge is 2.39. The van der Waals surface area contributed by atoms with Crippen molar-refractivity contribution in [2.75, 3.05) is 0 Å². The van der Waals surface area contributed by atoms with Crippen molar-refractivity contribution in [1.82, 2.24) is 16.2 Å². The summed E-state index contributed by atoms with van der Waals surface area (Å²) in [5.41, 5.74) is 7.44. The Bertz CT molecular complexity index is 584. The zero-order valence-corrected chi connectivity index (χ0v) is 14.7. The van der Waals surface area contributed by atoms with Gasteiger partial charge in [-0.1, -0.05) is 13.3 Å². The van der Waals surface area contributed by atoms with Crippen molar-refractivity contribution in [3.8, 4) is 0 Å². The quantitative estimate of drug-likeness (QED) is 0.586. The van der Waals surface area contributed by atoms with Crippen LogP contribution < -0.4 is 16.2 Å². The van der Waals surface area contributed by atoms with Crippen LogP contribution in [0.4, 0.5) is 0 Å². The van der Waals surface area contributed by atoms with Crippen LogP contribution in [0.15, 0.2) is 5.38 Å². The van der Waals surface area contributed by atoms with Crippen LogP contribution >= 0.6 is 23.6 Å². The van der Waals surface area contributed by atoms with Crippen LogP contribution in [0.1, 0.15) is 53.4 Å². The molecule has 0 spiro atoms. The first-order chi connectivity index (χ1) is 10.6. The van der Waals surface area contributed by atoms with Gasteiger partial charge in [-0.2, -0.15) is 0 Å². The molecule has 1 aromatic rings. The maximum atomic E-state index is 12.3. The first kappa shape index (κ1) is 15.7. The second-order valence-electron chi connectivity index (χ2n) is 6.37. The average Bonchev–Trinajstić information content (AvgIpc) is 3.19. The molecular weight excluding hydrogens is 314 g/mol. The molecule has 0 radical (unpaired) electrons. The van der Waals surface area contributed by atoms with Crippen LogP contribution in [-0.4, -0.2) is 17.1 Å². The summed E-state index contributed by atoms with van der Waals surface area (Å²) >= 11 is 6.92. The molecule has 0 unspecified atom stereocenters. The van der Waals surface area contributed by atoms with Gasteiger partial charge in [0.05, 0.1) is 5.56 Å². The molecule has 2 aliphatic rings. The van der Waals surface area contributed by atoms with Gasteiger partial charge in [-0.3, -0.25) is 15.6 Å². The third kappa shape index (κ3) is 3.13. The van der Waals surface area contributed by atoms with Gasteiger partial charge in [0.25, 0.3) is 5.91 Å². The largest absolute Gasteiger partial charge is 0.358 e. The Hall–Kier alpha value is -1.14. The molecule has 3 N–H and O–H groups in total. The van der Waals surface area contributed by atoms with E-state index in [1.807, 2.05) is 5.38 Å². The van der Waals surface area contributed by atoms with Crippen molar-refractivity contribution in [3.05, 3.63) is 21.4 Å². The maximum Gasteiger partial charge on any atom is 0.270 e. The SMILES string of the molecule is CCc1c(C(=O)NNC(=S)N[C@H]2C[C@@H]3CC[C@@H]2C3)csc1C. The average molecular weight is 338 g/mol. The number of nitrogens with one attached hydrogen (secondary N) is 3. The summed E-state index contributed by atoms with van der Waals surface area (Å²) in [6, 6.07) is 0.477. The number of fused-ring (bicyclic) bond motifs is 2. The third-order valence-electron chi connectivity index (χ3n) is 5.05. The minimum Gasteiger partial charge on any atom is -0.358 e. The number of hydrazine groups is 1. The lowest BCUT2D eigenvalue weighted by Gasteiger charge is -2.24. The van der Waals surface area contributed by atoms with Gasteiger partial charge in [0.1, 0.15) is 0 Å². The van der Waals surface area contributed by atoms with Crippen LogP contribution in [0.2, 0.25) is 0 Å². The Balaban J connectivity index is 1.49. The van der Waals surface area contributed by atoms with Gasteiger partial charge in [-0.15, -0.1) is 11.3 Å². The molecule has 22 heavy (non-hydrogen) atoms. The van der Waals surface area contributed by atoms with Crippen LogP contribution in [0.5, 0.6) is 0 Å². The molecule has 120 valence electrons. The summed E-state index contributed by atoms with van der Waals surface area (Å²) in [7, 11) is 0. The summed E-state index contributed by atoms with van der Waals surface area (Å²) < 4.78 is 0. The topological polar surface area (TPSA) is 53.2 Å². The highest BCUT2D eigenvalue weighted by Crippen LogP contribution is 2.44. The zero-order valence-electron chi connectivity index (χ0n) is 13.1. The van der Waals surface area contributed by atoms with Gasteiger partial charge in [0, 0.05) is 16.3 Å². The fraction of sp³-hybridized carbons (Fsp3) is 0.625. The highest BCUT2D eigenvalue weighted by atomic mass is 32.1. The summed E-state index contributed by atoms with van der Waals surface area (Å²) in [6.45, 7) is 4.12. The lowest BCUT2D eigenvalue weighted by atomic mass is 9.96. The van der Waals surface area contributed by atoms with Gasteiger partial charge in [0.15, 0.2) is 5.11 Å². The van der Waals surface area contributed by atoms with E-state index in [1.54, 1.807) is 11.3 Å². The van der Waals surface area contributed by atoms with E-state index in [2.05, 4.69) is 30.0 Å². The fourth-order valence-electron chi connectivity index (χ4n) is 3.92. The Kier molecular flexibility index (Phi) is 4.68. The summed E-state index contributed by atoms with van der Waals surface area (Å²) in [5, 5.41) is 5.80. The third-order valence-corrected chi connectivity index (χ3v) is 6.22. The second-order valence-corrected chi connectivity index (χ2v) is 7.86. The van der Waals surface area contributed by atoms with E-state index in [0.29, 0.717) is 11.2 Å². The number of thiophene rings is 1. The predicted molar refractivity (Wildman–Crippen MR) is 94.0 cm³/mol. The minimum atomic E-state index is -0.113. The normalized spacial score (nSPS) is 26.0. The molecular formula is C16H23N3OS2. The van der Waals surface area contributed by atoms with Crippen LogP contribution in [0, 0.1) is 18.8 Å². The van der Waals surface area contributed by atoms with E-state index in [4.69, 9.17) is 12.2 Å². The Morgan fingerprint density at radius 3 is 2.82 bits per heavy atom. The number of rotatable bonds is 3. The van der Waals surface area contributed by atoms with Gasteiger partial charge in [0.2, 0.25) is 0 Å². The van der Waals surface area contributed by atoms with E-state index in [0.717, 1.165) is 29.4 Å². The molecule has 1 amide bonds. The summed E-state index contributed by atoms with van der Waals surface area (Å²) in [4.78, 5) is 13.5. The van der Waals surface area contributed by atoms with E-state index >= 15 is 0 Å². The maximum absolute atomic E-state index is 12.3. The standard InChI is InChI=1S/C16H23N3OS2/c1-3-12-9(2)22-8-13(12)15(20)18-19-16(21)17-14-7-10-4-5-11(14)6-10/h8,10-11,14H,3-7H2,1-2H3,(H,18,20)(H2,17,19,21)/t10-,11-,14+/m1/s1. The number of amides is 1. The highest BCUT2D eigenvalue weighted by molar-refractivity contribution is 7.80. The molecule has 0 aromatic carbocycles. The lowest BCUT2D eigenvalue weighted by molar-refractivity contribution is 0.0943. The van der Waals surface area contributed by atoms with E-state index < -0.39 is 0 Å². The fourth-order valence-corrected chi connectivity index (χ4v) is 5.06. The molecule has 3 rings (SSSR count). The van der Waals surface area contributed by atoms with Crippen LogP contribution in [0.3, 0.4) is 0 Å². The Labute approximate surface area is 141 Å². The van der Waals surface area contributed by atoms with Crippen molar-refractivity contribution in [3.63, 3.8) is 0 Å². The molecule has 0 aliphatic heterocycles. The molecule has 2 fully saturated rings. The predicted octanol–water partition coefficient (Wildman–Crippen LogP) is 2.92. The van der Waals surface area contributed by atoms with Crippen LogP contribution in [-0.2, 0) is 6.42 Å². The minimum absolute atomic E-state index is 0.113. The number of hydrogen-bond acceptors (Lipinski definition) is 3.